The molecule has 0 aromatic carbocycles. The zero-order chi connectivity index (χ0) is 12.6. The highest BCUT2D eigenvalue weighted by molar-refractivity contribution is 5.49. The van der Waals surface area contributed by atoms with Crippen molar-refractivity contribution in [2.24, 2.45) is 0 Å². The van der Waals surface area contributed by atoms with Gasteiger partial charge in [-0.05, 0) is 25.0 Å². The highest BCUT2D eigenvalue weighted by Gasteiger charge is 2.13. The first-order chi connectivity index (χ1) is 8.90. The summed E-state index contributed by atoms with van der Waals surface area (Å²) in [5.41, 5.74) is 0. The summed E-state index contributed by atoms with van der Waals surface area (Å²) in [6.45, 7) is 1.49. The van der Waals surface area contributed by atoms with Gasteiger partial charge in [0.2, 0.25) is 0 Å². The zero-order valence-corrected chi connectivity index (χ0v) is 11.0. The number of nitrogens with zero attached hydrogens (tertiary/aromatic N) is 1. The van der Waals surface area contributed by atoms with Crippen LogP contribution in [0.4, 0.5) is 5.82 Å². The van der Waals surface area contributed by atoms with Crippen LogP contribution in [-0.4, -0.2) is 31.3 Å². The van der Waals surface area contributed by atoms with Crippen molar-refractivity contribution in [1.82, 2.24) is 4.98 Å². The van der Waals surface area contributed by atoms with Crippen molar-refractivity contribution in [3.63, 3.8) is 0 Å². The molecule has 1 aliphatic carbocycles. The lowest BCUT2D eigenvalue weighted by Gasteiger charge is -2.22. The summed E-state index contributed by atoms with van der Waals surface area (Å²) in [6, 6.07) is 3.76. The summed E-state index contributed by atoms with van der Waals surface area (Å²) in [7, 11) is 1.65. The maximum absolute atomic E-state index is 5.85. The molecule has 18 heavy (non-hydrogen) atoms. The molecule has 1 saturated carbocycles. The molecule has 1 N–H and O–H groups in total. The topological polar surface area (TPSA) is 43.4 Å². The first kappa shape index (κ1) is 13.1. The van der Waals surface area contributed by atoms with Gasteiger partial charge in [-0.2, -0.15) is 0 Å². The Balaban J connectivity index is 1.68. The first-order valence-electron chi connectivity index (χ1n) is 6.74. The number of rotatable bonds is 6. The van der Waals surface area contributed by atoms with E-state index in [-0.39, 0.29) is 0 Å². The summed E-state index contributed by atoms with van der Waals surface area (Å²) in [6.07, 6.45) is 8.64. The number of hydrogen-bond acceptors (Lipinski definition) is 4. The predicted octanol–water partition coefficient (Wildman–Crippen LogP) is 2.85. The second kappa shape index (κ2) is 7.21. The molecule has 0 aliphatic heterocycles. The van der Waals surface area contributed by atoms with Crippen LogP contribution in [-0.2, 0) is 4.74 Å². The van der Waals surface area contributed by atoms with Crippen LogP contribution in [0.1, 0.15) is 32.1 Å². The Labute approximate surface area is 109 Å². The third kappa shape index (κ3) is 3.88. The van der Waals surface area contributed by atoms with Crippen molar-refractivity contribution in [1.29, 1.82) is 0 Å². The molecule has 4 nitrogen and oxygen atoms in total. The molecular weight excluding hydrogens is 228 g/mol. The second-order valence-corrected chi connectivity index (χ2v) is 4.61. The molecule has 1 heterocycles. The molecule has 0 amide bonds. The van der Waals surface area contributed by atoms with Gasteiger partial charge >= 0.3 is 0 Å². The van der Waals surface area contributed by atoms with Crippen LogP contribution in [0.25, 0.3) is 0 Å². The molecule has 1 aliphatic rings. The molecule has 0 radical (unpaired) electrons. The minimum Gasteiger partial charge on any atom is -0.493 e. The minimum atomic E-state index is 0.464. The normalized spacial score (nSPS) is 16.5. The van der Waals surface area contributed by atoms with Crippen LogP contribution < -0.4 is 10.1 Å². The molecule has 1 aromatic rings. The van der Waals surface area contributed by atoms with Crippen LogP contribution in [0.2, 0.25) is 0 Å². The van der Waals surface area contributed by atoms with E-state index >= 15 is 0 Å². The van der Waals surface area contributed by atoms with Gasteiger partial charge in [0, 0.05) is 12.7 Å². The number of anilines is 1. The molecular formula is C14H22N2O2. The third-order valence-corrected chi connectivity index (χ3v) is 3.29. The zero-order valence-electron chi connectivity index (χ0n) is 11.0. The quantitative estimate of drug-likeness (QED) is 0.788. The molecule has 0 bridgehead atoms. The fraction of sp³-hybridized carbons (Fsp3) is 0.643. The number of methoxy groups -OCH3 is 1. The Morgan fingerprint density at radius 3 is 2.94 bits per heavy atom. The molecule has 0 saturated heterocycles. The van der Waals surface area contributed by atoms with Gasteiger partial charge in [-0.1, -0.05) is 19.3 Å². The molecule has 0 atom stereocenters. The van der Waals surface area contributed by atoms with Gasteiger partial charge in [-0.25, -0.2) is 4.98 Å². The lowest BCUT2D eigenvalue weighted by Crippen LogP contribution is -2.20. The number of aromatic nitrogens is 1. The molecule has 2 rings (SSSR count). The standard InChI is InChI=1S/C14H22N2O2/c1-17-13-8-5-9-15-14(13)16-10-11-18-12-6-3-2-4-7-12/h5,8-9,12H,2-4,6-7,10-11H2,1H3,(H,15,16). The Hall–Kier alpha value is -1.29. The number of nitrogens with one attached hydrogen (secondary N) is 1. The van der Waals surface area contributed by atoms with E-state index in [1.54, 1.807) is 13.3 Å². The van der Waals surface area contributed by atoms with Gasteiger partial charge in [0.25, 0.3) is 0 Å². The number of hydrogen-bond donors (Lipinski definition) is 1. The monoisotopic (exact) mass is 250 g/mol. The summed E-state index contributed by atoms with van der Waals surface area (Å²) in [4.78, 5) is 4.24. The summed E-state index contributed by atoms with van der Waals surface area (Å²) < 4.78 is 11.1. The van der Waals surface area contributed by atoms with Crippen molar-refractivity contribution in [3.8, 4) is 5.75 Å². The lowest BCUT2D eigenvalue weighted by molar-refractivity contribution is 0.0347. The van der Waals surface area contributed by atoms with E-state index in [1.165, 1.54) is 32.1 Å². The van der Waals surface area contributed by atoms with E-state index in [9.17, 15) is 0 Å². The third-order valence-electron chi connectivity index (χ3n) is 3.29. The summed E-state index contributed by atoms with van der Waals surface area (Å²) in [5.74, 6) is 1.56. The maximum Gasteiger partial charge on any atom is 0.168 e. The lowest BCUT2D eigenvalue weighted by atomic mass is 9.98. The van der Waals surface area contributed by atoms with Crippen LogP contribution >= 0.6 is 0 Å². The van der Waals surface area contributed by atoms with E-state index in [1.807, 2.05) is 12.1 Å². The highest BCUT2D eigenvalue weighted by Crippen LogP contribution is 2.21. The van der Waals surface area contributed by atoms with E-state index in [4.69, 9.17) is 9.47 Å². The number of pyridine rings is 1. The predicted molar refractivity (Wildman–Crippen MR) is 72.1 cm³/mol. The van der Waals surface area contributed by atoms with E-state index in [0.717, 1.165) is 24.7 Å². The average molecular weight is 250 g/mol. The van der Waals surface area contributed by atoms with Crippen molar-refractivity contribution in [2.45, 2.75) is 38.2 Å². The molecule has 1 aromatic heterocycles. The summed E-state index contributed by atoms with van der Waals surface area (Å²) >= 11 is 0. The van der Waals surface area contributed by atoms with Gasteiger partial charge in [0.1, 0.15) is 0 Å². The first-order valence-corrected chi connectivity index (χ1v) is 6.74. The molecule has 0 spiro atoms. The van der Waals surface area contributed by atoms with Crippen molar-refractivity contribution in [3.05, 3.63) is 18.3 Å². The fourth-order valence-corrected chi connectivity index (χ4v) is 2.31. The van der Waals surface area contributed by atoms with E-state index < -0.39 is 0 Å². The Morgan fingerprint density at radius 1 is 1.33 bits per heavy atom. The van der Waals surface area contributed by atoms with Crippen molar-refractivity contribution >= 4 is 5.82 Å². The maximum atomic E-state index is 5.85. The van der Waals surface area contributed by atoms with E-state index in [2.05, 4.69) is 10.3 Å². The van der Waals surface area contributed by atoms with Gasteiger partial charge < -0.3 is 14.8 Å². The van der Waals surface area contributed by atoms with E-state index in [0.29, 0.717) is 6.10 Å². The van der Waals surface area contributed by atoms with Gasteiger partial charge in [-0.3, -0.25) is 0 Å². The molecule has 4 heteroatoms. The van der Waals surface area contributed by atoms with Crippen LogP contribution in [0.15, 0.2) is 18.3 Å². The molecule has 100 valence electrons. The van der Waals surface area contributed by atoms with Crippen LogP contribution in [0.3, 0.4) is 0 Å². The second-order valence-electron chi connectivity index (χ2n) is 4.61. The smallest absolute Gasteiger partial charge is 0.168 e. The molecule has 0 unspecified atom stereocenters. The van der Waals surface area contributed by atoms with Crippen molar-refractivity contribution in [2.75, 3.05) is 25.6 Å². The SMILES string of the molecule is COc1cccnc1NCCOC1CCCCC1. The Kier molecular flexibility index (Phi) is 5.27. The van der Waals surface area contributed by atoms with Crippen LogP contribution in [0, 0.1) is 0 Å². The van der Waals surface area contributed by atoms with Crippen LogP contribution in [0.5, 0.6) is 5.75 Å². The van der Waals surface area contributed by atoms with Gasteiger partial charge in [0.15, 0.2) is 11.6 Å². The fourth-order valence-electron chi connectivity index (χ4n) is 2.31. The Bertz CT molecular complexity index is 351. The molecule has 1 fully saturated rings. The highest BCUT2D eigenvalue weighted by atomic mass is 16.5. The van der Waals surface area contributed by atoms with Gasteiger partial charge in [0.05, 0.1) is 19.8 Å². The largest absolute Gasteiger partial charge is 0.493 e. The van der Waals surface area contributed by atoms with Gasteiger partial charge in [-0.15, -0.1) is 0 Å². The minimum absolute atomic E-state index is 0.464. The van der Waals surface area contributed by atoms with Crippen molar-refractivity contribution < 1.29 is 9.47 Å². The average Bonchev–Trinajstić information content (AvgIpc) is 2.45. The Morgan fingerprint density at radius 2 is 2.17 bits per heavy atom. The number of ether oxygens (including phenoxy) is 2. The summed E-state index contributed by atoms with van der Waals surface area (Å²) in [5, 5.41) is 3.24.